The topological polar surface area (TPSA) is 54.9 Å². The third-order valence-electron chi connectivity index (χ3n) is 3.64. The van der Waals surface area contributed by atoms with Crippen molar-refractivity contribution >= 4 is 27.0 Å². The minimum atomic E-state index is -0.250. The van der Waals surface area contributed by atoms with E-state index in [9.17, 15) is 9.59 Å². The summed E-state index contributed by atoms with van der Waals surface area (Å²) in [6.45, 7) is 1.81. The average Bonchev–Trinajstić information content (AvgIpc) is 2.49. The second-order valence-electron chi connectivity index (χ2n) is 4.94. The summed E-state index contributed by atoms with van der Waals surface area (Å²) in [5.41, 5.74) is 2.63. The van der Waals surface area contributed by atoms with E-state index < -0.39 is 0 Å². The summed E-state index contributed by atoms with van der Waals surface area (Å²) >= 11 is 3.26. The van der Waals surface area contributed by atoms with Gasteiger partial charge in [0.2, 0.25) is 0 Å². The predicted molar refractivity (Wildman–Crippen MR) is 87.7 cm³/mol. The largest absolute Gasteiger partial charge is 0.307 e. The third-order valence-corrected chi connectivity index (χ3v) is 4.23. The molecule has 0 spiro atoms. The lowest BCUT2D eigenvalue weighted by atomic mass is 9.98. The molecule has 0 saturated carbocycles. The van der Waals surface area contributed by atoms with Gasteiger partial charge in [-0.3, -0.25) is 14.2 Å². The molecule has 0 fully saturated rings. The first kappa shape index (κ1) is 13.8. The van der Waals surface area contributed by atoms with Crippen LogP contribution >= 0.6 is 15.9 Å². The minimum absolute atomic E-state index is 0.112. The molecular weight excluding hydrogens is 332 g/mol. The van der Waals surface area contributed by atoms with E-state index in [1.165, 1.54) is 4.57 Å². The molecule has 0 atom stereocenters. The van der Waals surface area contributed by atoms with Crippen molar-refractivity contribution in [3.63, 3.8) is 0 Å². The molecule has 0 aliphatic rings. The Labute approximate surface area is 129 Å². The van der Waals surface area contributed by atoms with E-state index in [0.29, 0.717) is 15.7 Å². The third kappa shape index (κ3) is 2.14. The molecule has 0 aliphatic carbocycles. The van der Waals surface area contributed by atoms with Crippen LogP contribution in [-0.2, 0) is 7.05 Å². The molecule has 4 nitrogen and oxygen atoms in total. The first-order chi connectivity index (χ1) is 10.0. The molecule has 1 aromatic carbocycles. The van der Waals surface area contributed by atoms with Crippen molar-refractivity contribution < 1.29 is 0 Å². The Morgan fingerprint density at radius 1 is 1.14 bits per heavy atom. The van der Waals surface area contributed by atoms with Crippen LogP contribution in [0, 0.1) is 6.92 Å². The summed E-state index contributed by atoms with van der Waals surface area (Å²) in [6, 6.07) is 11.5. The first-order valence-electron chi connectivity index (χ1n) is 6.48. The second-order valence-corrected chi connectivity index (χ2v) is 5.79. The zero-order chi connectivity index (χ0) is 15.1. The molecule has 1 N–H and O–H groups in total. The molecule has 2 heterocycles. The summed E-state index contributed by atoms with van der Waals surface area (Å²) in [7, 11) is 1.66. The predicted octanol–water partition coefficient (Wildman–Crippen LogP) is 2.96. The summed E-state index contributed by atoms with van der Waals surface area (Å²) in [5, 5.41) is 0.840. The number of nitrogens with zero attached hydrogens (tertiary/aromatic N) is 1. The molecule has 21 heavy (non-hydrogen) atoms. The Hall–Kier alpha value is -2.14. The zero-order valence-corrected chi connectivity index (χ0v) is 13.2. The van der Waals surface area contributed by atoms with Gasteiger partial charge in [-0.15, -0.1) is 0 Å². The van der Waals surface area contributed by atoms with Crippen molar-refractivity contribution in [2.75, 3.05) is 0 Å². The van der Waals surface area contributed by atoms with Gasteiger partial charge in [0.25, 0.3) is 11.1 Å². The van der Waals surface area contributed by atoms with Crippen molar-refractivity contribution in [1.29, 1.82) is 0 Å². The number of fused-ring (bicyclic) bond motifs is 1. The van der Waals surface area contributed by atoms with Gasteiger partial charge in [-0.2, -0.15) is 0 Å². The number of aryl methyl sites for hydroxylation is 1. The summed E-state index contributed by atoms with van der Waals surface area (Å²) in [5.74, 6) is 0. The monoisotopic (exact) mass is 344 g/mol. The van der Waals surface area contributed by atoms with E-state index in [1.54, 1.807) is 13.1 Å². The highest BCUT2D eigenvalue weighted by molar-refractivity contribution is 9.10. The van der Waals surface area contributed by atoms with Gasteiger partial charge >= 0.3 is 0 Å². The van der Waals surface area contributed by atoms with E-state index >= 15 is 0 Å². The minimum Gasteiger partial charge on any atom is -0.307 e. The highest BCUT2D eigenvalue weighted by Gasteiger charge is 2.15. The number of halogens is 1. The molecule has 106 valence electrons. The Balaban J connectivity index is 2.58. The number of benzene rings is 1. The fourth-order valence-corrected chi connectivity index (χ4v) is 2.92. The Kier molecular flexibility index (Phi) is 3.29. The lowest BCUT2D eigenvalue weighted by Crippen LogP contribution is -2.23. The van der Waals surface area contributed by atoms with Crippen molar-refractivity contribution in [1.82, 2.24) is 9.55 Å². The van der Waals surface area contributed by atoms with Crippen LogP contribution in [0.3, 0.4) is 0 Å². The number of hydrogen-bond acceptors (Lipinski definition) is 2. The smallest absolute Gasteiger partial charge is 0.263 e. The van der Waals surface area contributed by atoms with Gasteiger partial charge in [-0.1, -0.05) is 30.3 Å². The number of H-pyrrole nitrogens is 1. The zero-order valence-electron chi connectivity index (χ0n) is 11.6. The van der Waals surface area contributed by atoms with E-state index in [2.05, 4.69) is 20.9 Å². The number of nitrogens with one attached hydrogen (secondary N) is 1. The van der Waals surface area contributed by atoms with E-state index in [0.717, 1.165) is 16.5 Å². The van der Waals surface area contributed by atoms with Gasteiger partial charge < -0.3 is 4.98 Å². The summed E-state index contributed by atoms with van der Waals surface area (Å²) < 4.78 is 1.93. The molecule has 0 radical (unpaired) electrons. The quantitative estimate of drug-likeness (QED) is 0.737. The lowest BCUT2D eigenvalue weighted by Gasteiger charge is -2.13. The van der Waals surface area contributed by atoms with Crippen molar-refractivity contribution in [3.05, 3.63) is 67.1 Å². The number of aromatic amines is 1. The van der Waals surface area contributed by atoms with Crippen LogP contribution in [0.5, 0.6) is 0 Å². The van der Waals surface area contributed by atoms with Gasteiger partial charge in [0.05, 0.1) is 4.47 Å². The van der Waals surface area contributed by atoms with Gasteiger partial charge in [0.1, 0.15) is 5.65 Å². The van der Waals surface area contributed by atoms with Crippen LogP contribution in [0.2, 0.25) is 0 Å². The van der Waals surface area contributed by atoms with Gasteiger partial charge in [0, 0.05) is 23.6 Å². The molecule has 5 heteroatoms. The molecule has 0 saturated heterocycles. The molecule has 0 aliphatic heterocycles. The maximum Gasteiger partial charge on any atom is 0.263 e. The van der Waals surface area contributed by atoms with Gasteiger partial charge in [-0.25, -0.2) is 0 Å². The van der Waals surface area contributed by atoms with Crippen molar-refractivity contribution in [2.24, 2.45) is 7.05 Å². The van der Waals surface area contributed by atoms with Crippen molar-refractivity contribution in [3.8, 4) is 11.1 Å². The average molecular weight is 345 g/mol. The number of rotatable bonds is 1. The van der Waals surface area contributed by atoms with Gasteiger partial charge in [-0.05, 0) is 34.5 Å². The van der Waals surface area contributed by atoms with Crippen LogP contribution in [-0.4, -0.2) is 9.55 Å². The SMILES string of the molecule is Cc1c(-c2ccccc2)c2cc(Br)c(=O)[nH]c2n(C)c1=O. The lowest BCUT2D eigenvalue weighted by molar-refractivity contribution is 0.873. The molecule has 0 unspecified atom stereocenters. The molecule has 3 rings (SSSR count). The second kappa shape index (κ2) is 5.00. The Bertz CT molecular complexity index is 956. The van der Waals surface area contributed by atoms with Crippen LogP contribution in [0.4, 0.5) is 0 Å². The molecule has 0 bridgehead atoms. The first-order valence-corrected chi connectivity index (χ1v) is 7.27. The van der Waals surface area contributed by atoms with E-state index in [1.807, 2.05) is 37.3 Å². The van der Waals surface area contributed by atoms with Crippen LogP contribution in [0.15, 0.2) is 50.5 Å². The highest BCUT2D eigenvalue weighted by atomic mass is 79.9. The maximum absolute atomic E-state index is 12.4. The molecule has 2 aromatic heterocycles. The van der Waals surface area contributed by atoms with Crippen LogP contribution in [0.1, 0.15) is 5.56 Å². The van der Waals surface area contributed by atoms with Crippen LogP contribution < -0.4 is 11.1 Å². The standard InChI is InChI=1S/C16H13BrN2O2/c1-9-13(10-6-4-3-5-7-10)11-8-12(17)15(20)18-14(11)19(2)16(9)21/h3-8H,1-2H3,(H,18,20). The molecular formula is C16H13BrN2O2. The number of pyridine rings is 2. The maximum atomic E-state index is 12.4. The Morgan fingerprint density at radius 2 is 1.81 bits per heavy atom. The number of hydrogen-bond donors (Lipinski definition) is 1. The fraction of sp³-hybridized carbons (Fsp3) is 0.125. The fourth-order valence-electron chi connectivity index (χ4n) is 2.59. The van der Waals surface area contributed by atoms with Gasteiger partial charge in [0.15, 0.2) is 0 Å². The normalized spacial score (nSPS) is 11.0. The number of aromatic nitrogens is 2. The molecule has 0 amide bonds. The molecule has 3 aromatic rings. The van der Waals surface area contributed by atoms with Crippen molar-refractivity contribution in [2.45, 2.75) is 6.92 Å². The van der Waals surface area contributed by atoms with E-state index in [4.69, 9.17) is 0 Å². The summed E-state index contributed by atoms with van der Waals surface area (Å²) in [4.78, 5) is 27.0. The highest BCUT2D eigenvalue weighted by Crippen LogP contribution is 2.29. The van der Waals surface area contributed by atoms with Crippen LogP contribution in [0.25, 0.3) is 22.2 Å². The van der Waals surface area contributed by atoms with E-state index in [-0.39, 0.29) is 11.1 Å². The summed E-state index contributed by atoms with van der Waals surface area (Å²) in [6.07, 6.45) is 0. The Morgan fingerprint density at radius 3 is 2.48 bits per heavy atom.